The number of ketones is 1. The molecule has 0 amide bonds. The fourth-order valence-corrected chi connectivity index (χ4v) is 6.74. The van der Waals surface area contributed by atoms with Gasteiger partial charge in [0.05, 0.1) is 5.41 Å². The molecular weight excluding hydrogens is 520 g/mol. The predicted molar refractivity (Wildman–Crippen MR) is 176 cm³/mol. The Labute approximate surface area is 259 Å². The molecule has 0 aromatic heterocycles. The van der Waals surface area contributed by atoms with Crippen molar-refractivity contribution in [2.75, 3.05) is 0 Å². The van der Waals surface area contributed by atoms with Gasteiger partial charge in [-0.1, -0.05) is 86.5 Å². The maximum absolute atomic E-state index is 13.3. The van der Waals surface area contributed by atoms with Crippen LogP contribution in [0.5, 0.6) is 11.5 Å². The van der Waals surface area contributed by atoms with E-state index in [0.29, 0.717) is 12.2 Å². The molecule has 1 heterocycles. The summed E-state index contributed by atoms with van der Waals surface area (Å²) >= 11 is 0. The molecule has 3 atom stereocenters. The first-order valence-corrected chi connectivity index (χ1v) is 16.9. The van der Waals surface area contributed by atoms with Gasteiger partial charge in [0, 0.05) is 11.0 Å². The van der Waals surface area contributed by atoms with Gasteiger partial charge in [0.1, 0.15) is 22.9 Å². The van der Waals surface area contributed by atoms with Gasteiger partial charge in [-0.3, -0.25) is 9.59 Å². The molecule has 0 spiro atoms. The Hall–Kier alpha value is -1.84. The number of hydrogen-bond acceptors (Lipinski definition) is 4. The molecule has 4 nitrogen and oxygen atoms in total. The van der Waals surface area contributed by atoms with E-state index in [1.54, 1.807) is 6.92 Å². The van der Waals surface area contributed by atoms with Gasteiger partial charge in [-0.05, 0) is 109 Å². The Bertz CT molecular complexity index is 1050. The lowest BCUT2D eigenvalue weighted by Crippen LogP contribution is -2.37. The van der Waals surface area contributed by atoms with Gasteiger partial charge < -0.3 is 9.47 Å². The van der Waals surface area contributed by atoms with Crippen LogP contribution in [0.1, 0.15) is 157 Å². The minimum Gasteiger partial charge on any atom is -0.487 e. The number of esters is 1. The van der Waals surface area contributed by atoms with Gasteiger partial charge in [-0.2, -0.15) is 0 Å². The van der Waals surface area contributed by atoms with Crippen LogP contribution in [0.25, 0.3) is 0 Å². The Balaban J connectivity index is 1.91. The van der Waals surface area contributed by atoms with E-state index < -0.39 is 10.8 Å². The van der Waals surface area contributed by atoms with Crippen molar-refractivity contribution < 1.29 is 19.1 Å². The summed E-state index contributed by atoms with van der Waals surface area (Å²) < 4.78 is 12.7. The third-order valence-electron chi connectivity index (χ3n) is 9.92. The van der Waals surface area contributed by atoms with E-state index in [-0.39, 0.29) is 17.4 Å². The van der Waals surface area contributed by atoms with E-state index in [0.717, 1.165) is 59.5 Å². The van der Waals surface area contributed by atoms with Crippen LogP contribution in [0.3, 0.4) is 0 Å². The number of benzene rings is 1. The van der Waals surface area contributed by atoms with Crippen LogP contribution in [-0.2, 0) is 16.0 Å². The first kappa shape index (κ1) is 36.4. The molecule has 0 bridgehead atoms. The minimum absolute atomic E-state index is 0.0803. The van der Waals surface area contributed by atoms with Crippen molar-refractivity contribution in [1.82, 2.24) is 0 Å². The molecule has 3 unspecified atom stereocenters. The summed E-state index contributed by atoms with van der Waals surface area (Å²) in [6.45, 7) is 24.9. The van der Waals surface area contributed by atoms with Crippen LogP contribution in [-0.4, -0.2) is 17.4 Å². The molecule has 0 fully saturated rings. The van der Waals surface area contributed by atoms with Crippen molar-refractivity contribution in [3.63, 3.8) is 0 Å². The highest BCUT2D eigenvalue weighted by molar-refractivity contribution is 5.84. The lowest BCUT2D eigenvalue weighted by molar-refractivity contribution is -0.146. The highest BCUT2D eigenvalue weighted by Crippen LogP contribution is 2.43. The molecule has 0 radical (unpaired) electrons. The van der Waals surface area contributed by atoms with Crippen molar-refractivity contribution in [3.8, 4) is 11.5 Å². The van der Waals surface area contributed by atoms with E-state index in [4.69, 9.17) is 9.47 Å². The summed E-state index contributed by atoms with van der Waals surface area (Å²) in [5, 5.41) is 0. The minimum atomic E-state index is -0.776. The molecule has 0 N–H and O–H groups in total. The molecule has 1 aliphatic rings. The van der Waals surface area contributed by atoms with Crippen molar-refractivity contribution in [2.24, 2.45) is 28.6 Å². The molecule has 42 heavy (non-hydrogen) atoms. The summed E-state index contributed by atoms with van der Waals surface area (Å²) in [6.07, 6.45) is 14.0. The zero-order valence-corrected chi connectivity index (χ0v) is 29.4. The number of ether oxygens (including phenoxy) is 2. The molecule has 4 heteroatoms. The molecule has 2 rings (SSSR count). The molecule has 240 valence electrons. The van der Waals surface area contributed by atoms with Gasteiger partial charge >= 0.3 is 5.97 Å². The maximum atomic E-state index is 13.3. The lowest BCUT2D eigenvalue weighted by Gasteiger charge is -2.37. The van der Waals surface area contributed by atoms with Crippen LogP contribution in [0, 0.1) is 42.4 Å². The van der Waals surface area contributed by atoms with Crippen molar-refractivity contribution in [3.05, 3.63) is 22.8 Å². The second-order valence-electron chi connectivity index (χ2n) is 15.9. The SMILES string of the molecule is CC(=O)C(C)(C)CC(C)(C)C(=O)Oc1c(C)cc2c(c1C)CCC(C)(CCCC(C)CCCC(C)CCCC(C)C)O2. The fraction of sp³-hybridized carbons (Fsp3) is 0.789. The van der Waals surface area contributed by atoms with Crippen LogP contribution >= 0.6 is 0 Å². The van der Waals surface area contributed by atoms with Crippen LogP contribution in [0.15, 0.2) is 6.07 Å². The van der Waals surface area contributed by atoms with E-state index in [1.165, 1.54) is 51.4 Å². The van der Waals surface area contributed by atoms with Gasteiger partial charge in [0.25, 0.3) is 0 Å². The Kier molecular flexibility index (Phi) is 13.2. The fourth-order valence-electron chi connectivity index (χ4n) is 6.74. The molecule has 1 aromatic carbocycles. The van der Waals surface area contributed by atoms with Gasteiger partial charge in [-0.25, -0.2) is 0 Å². The van der Waals surface area contributed by atoms with E-state index in [9.17, 15) is 9.59 Å². The second-order valence-corrected chi connectivity index (χ2v) is 15.9. The number of fused-ring (bicyclic) bond motifs is 1. The number of carbonyl (C=O) groups is 2. The molecule has 0 saturated carbocycles. The van der Waals surface area contributed by atoms with Gasteiger partial charge in [-0.15, -0.1) is 0 Å². The van der Waals surface area contributed by atoms with E-state index >= 15 is 0 Å². The molecule has 0 aliphatic carbocycles. The molecule has 1 aliphatic heterocycles. The van der Waals surface area contributed by atoms with Gasteiger partial charge in [0.2, 0.25) is 0 Å². The monoisotopic (exact) mass is 584 g/mol. The molecule has 1 aromatic rings. The van der Waals surface area contributed by atoms with Crippen molar-refractivity contribution in [1.29, 1.82) is 0 Å². The van der Waals surface area contributed by atoms with Crippen molar-refractivity contribution >= 4 is 11.8 Å². The van der Waals surface area contributed by atoms with Gasteiger partial charge in [0.15, 0.2) is 0 Å². The first-order chi connectivity index (χ1) is 19.4. The molecular formula is C38H64O4. The highest BCUT2D eigenvalue weighted by atomic mass is 16.5. The topological polar surface area (TPSA) is 52.6 Å². The summed E-state index contributed by atoms with van der Waals surface area (Å²) in [6, 6.07) is 2.06. The number of rotatable bonds is 17. The van der Waals surface area contributed by atoms with Crippen LogP contribution in [0.2, 0.25) is 0 Å². The predicted octanol–water partition coefficient (Wildman–Crippen LogP) is 10.8. The summed E-state index contributed by atoms with van der Waals surface area (Å²) in [4.78, 5) is 25.4. The normalized spacial score (nSPS) is 18.8. The maximum Gasteiger partial charge on any atom is 0.316 e. The second kappa shape index (κ2) is 15.2. The zero-order valence-electron chi connectivity index (χ0n) is 29.4. The number of hydrogen-bond donors (Lipinski definition) is 0. The largest absolute Gasteiger partial charge is 0.487 e. The summed E-state index contributed by atoms with van der Waals surface area (Å²) in [7, 11) is 0. The van der Waals surface area contributed by atoms with E-state index in [2.05, 4.69) is 40.7 Å². The van der Waals surface area contributed by atoms with Crippen LogP contribution in [0.4, 0.5) is 0 Å². The number of carbonyl (C=O) groups excluding carboxylic acids is 2. The smallest absolute Gasteiger partial charge is 0.316 e. The number of Topliss-reactive ketones (excluding diaryl/α,β-unsaturated/α-hetero) is 1. The first-order valence-electron chi connectivity index (χ1n) is 16.9. The average molecular weight is 585 g/mol. The highest BCUT2D eigenvalue weighted by Gasteiger charge is 2.39. The summed E-state index contributed by atoms with van der Waals surface area (Å²) in [5.74, 6) is 3.81. The van der Waals surface area contributed by atoms with Crippen molar-refractivity contribution in [2.45, 2.75) is 166 Å². The Morgan fingerprint density at radius 1 is 0.905 bits per heavy atom. The quantitative estimate of drug-likeness (QED) is 0.135. The Morgan fingerprint density at radius 2 is 1.45 bits per heavy atom. The zero-order chi connectivity index (χ0) is 31.9. The summed E-state index contributed by atoms with van der Waals surface area (Å²) in [5.41, 5.74) is 1.55. The third-order valence-corrected chi connectivity index (χ3v) is 9.92. The van der Waals surface area contributed by atoms with Crippen LogP contribution < -0.4 is 9.47 Å². The third kappa shape index (κ3) is 10.7. The lowest BCUT2D eigenvalue weighted by atomic mass is 9.73. The average Bonchev–Trinajstić information content (AvgIpc) is 2.85. The standard InChI is InChI=1S/C38H64O4/c1-26(2)16-13-17-27(3)18-14-19-28(4)20-15-22-38(12)23-21-32-30(6)34(29(5)24-33(32)42-38)41-35(40)37(10,11)25-36(8,9)31(7)39/h24,26-28H,13-23,25H2,1-12H3. The van der Waals surface area contributed by atoms with E-state index in [1.807, 2.05) is 41.5 Å². The molecule has 0 saturated heterocycles. The number of aryl methyl sites for hydroxylation is 1. The Morgan fingerprint density at radius 3 is 2.00 bits per heavy atom.